The second kappa shape index (κ2) is 6.69. The molecule has 2 aromatic rings. The van der Waals surface area contributed by atoms with E-state index in [1.165, 1.54) is 10.7 Å². The van der Waals surface area contributed by atoms with Crippen LogP contribution in [0.4, 0.5) is 0 Å². The molecule has 6 heteroatoms. The average Bonchev–Trinajstić information content (AvgIpc) is 2.88. The van der Waals surface area contributed by atoms with Crippen molar-refractivity contribution in [2.45, 2.75) is 13.5 Å². The minimum atomic E-state index is -0.491. The molecule has 1 aromatic carbocycles. The van der Waals surface area contributed by atoms with E-state index in [1.807, 2.05) is 30.3 Å². The monoisotopic (exact) mass is 287 g/mol. The molecule has 1 N–H and O–H groups in total. The molecule has 110 valence electrons. The smallest absolute Gasteiger partial charge is 0.356 e. The van der Waals surface area contributed by atoms with Gasteiger partial charge < -0.3 is 10.1 Å². The maximum Gasteiger partial charge on any atom is 0.356 e. The van der Waals surface area contributed by atoms with E-state index >= 15 is 0 Å². The van der Waals surface area contributed by atoms with Crippen LogP contribution in [0.5, 0.6) is 0 Å². The first-order valence-electron chi connectivity index (χ1n) is 6.65. The van der Waals surface area contributed by atoms with Gasteiger partial charge in [-0.3, -0.25) is 9.48 Å². The van der Waals surface area contributed by atoms with Crippen molar-refractivity contribution in [3.63, 3.8) is 0 Å². The molecular weight excluding hydrogens is 270 g/mol. The molecule has 1 aromatic heterocycles. The standard InChI is InChI=1S/C15H17N3O3/c1-3-21-15(20)13-9-12(17-18(13)2)14(19)16-10-11-7-5-4-6-8-11/h4-9H,3,10H2,1-2H3,(H,16,19). The highest BCUT2D eigenvalue weighted by Gasteiger charge is 2.18. The highest BCUT2D eigenvalue weighted by atomic mass is 16.5. The lowest BCUT2D eigenvalue weighted by Gasteiger charge is -2.02. The van der Waals surface area contributed by atoms with E-state index < -0.39 is 5.97 Å². The van der Waals surface area contributed by atoms with Gasteiger partial charge in [-0.25, -0.2) is 4.79 Å². The summed E-state index contributed by atoms with van der Waals surface area (Å²) >= 11 is 0. The van der Waals surface area contributed by atoms with Gasteiger partial charge >= 0.3 is 5.97 Å². The molecule has 0 bridgehead atoms. The first-order valence-corrected chi connectivity index (χ1v) is 6.65. The number of nitrogens with zero attached hydrogens (tertiary/aromatic N) is 2. The maximum absolute atomic E-state index is 12.0. The normalized spacial score (nSPS) is 10.2. The van der Waals surface area contributed by atoms with Crippen LogP contribution in [0, 0.1) is 0 Å². The van der Waals surface area contributed by atoms with E-state index in [9.17, 15) is 9.59 Å². The molecule has 21 heavy (non-hydrogen) atoms. The van der Waals surface area contributed by atoms with Crippen LogP contribution >= 0.6 is 0 Å². The molecule has 6 nitrogen and oxygen atoms in total. The average molecular weight is 287 g/mol. The molecule has 1 heterocycles. The molecule has 2 rings (SSSR count). The fourth-order valence-corrected chi connectivity index (χ4v) is 1.84. The van der Waals surface area contributed by atoms with Gasteiger partial charge in [-0.1, -0.05) is 30.3 Å². The van der Waals surface area contributed by atoms with Crippen molar-refractivity contribution >= 4 is 11.9 Å². The molecule has 0 atom stereocenters. The first-order chi connectivity index (χ1) is 10.1. The maximum atomic E-state index is 12.0. The summed E-state index contributed by atoms with van der Waals surface area (Å²) in [5, 5.41) is 6.79. The van der Waals surface area contributed by atoms with Crippen LogP contribution in [-0.2, 0) is 18.3 Å². The summed E-state index contributed by atoms with van der Waals surface area (Å²) < 4.78 is 6.24. The van der Waals surface area contributed by atoms with Crippen LogP contribution in [0.2, 0.25) is 0 Å². The predicted molar refractivity (Wildman–Crippen MR) is 76.8 cm³/mol. The fraction of sp³-hybridized carbons (Fsp3) is 0.267. The van der Waals surface area contributed by atoms with E-state index in [2.05, 4.69) is 10.4 Å². The summed E-state index contributed by atoms with van der Waals surface area (Å²) in [6.45, 7) is 2.41. The number of aromatic nitrogens is 2. The molecule has 0 radical (unpaired) electrons. The number of hydrogen-bond acceptors (Lipinski definition) is 4. The number of carbonyl (C=O) groups excluding carboxylic acids is 2. The van der Waals surface area contributed by atoms with Gasteiger partial charge in [-0.15, -0.1) is 0 Å². The van der Waals surface area contributed by atoms with Crippen molar-refractivity contribution in [1.82, 2.24) is 15.1 Å². The number of esters is 1. The third-order valence-electron chi connectivity index (χ3n) is 2.89. The number of hydrogen-bond donors (Lipinski definition) is 1. The van der Waals surface area contributed by atoms with Crippen LogP contribution in [0.3, 0.4) is 0 Å². The Labute approximate surface area is 122 Å². The minimum Gasteiger partial charge on any atom is -0.461 e. The highest BCUT2D eigenvalue weighted by molar-refractivity contribution is 5.95. The lowest BCUT2D eigenvalue weighted by molar-refractivity contribution is 0.0513. The summed E-state index contributed by atoms with van der Waals surface area (Å²) in [7, 11) is 1.60. The highest BCUT2D eigenvalue weighted by Crippen LogP contribution is 2.06. The number of benzene rings is 1. The number of nitrogens with one attached hydrogen (secondary N) is 1. The lowest BCUT2D eigenvalue weighted by atomic mass is 10.2. The first kappa shape index (κ1) is 14.8. The van der Waals surface area contributed by atoms with Gasteiger partial charge in [0.05, 0.1) is 6.61 Å². The summed E-state index contributed by atoms with van der Waals surface area (Å²) in [6, 6.07) is 11.0. The van der Waals surface area contributed by atoms with Crippen molar-refractivity contribution in [3.05, 3.63) is 53.3 Å². The molecular formula is C15H17N3O3. The lowest BCUT2D eigenvalue weighted by Crippen LogP contribution is -2.23. The van der Waals surface area contributed by atoms with Gasteiger partial charge in [0.15, 0.2) is 5.69 Å². The van der Waals surface area contributed by atoms with Gasteiger partial charge in [-0.05, 0) is 12.5 Å². The Kier molecular flexibility index (Phi) is 4.71. The van der Waals surface area contributed by atoms with Gasteiger partial charge in [0, 0.05) is 19.7 Å². The predicted octanol–water partition coefficient (Wildman–Crippen LogP) is 1.53. The minimum absolute atomic E-state index is 0.191. The van der Waals surface area contributed by atoms with Crippen LogP contribution in [0.15, 0.2) is 36.4 Å². The second-order valence-electron chi connectivity index (χ2n) is 4.43. The Balaban J connectivity index is 2.03. The second-order valence-corrected chi connectivity index (χ2v) is 4.43. The summed E-state index contributed by atoms with van der Waals surface area (Å²) in [6.07, 6.45) is 0. The Bertz CT molecular complexity index is 635. The summed E-state index contributed by atoms with van der Waals surface area (Å²) in [5.41, 5.74) is 1.44. The summed E-state index contributed by atoms with van der Waals surface area (Å²) in [4.78, 5) is 23.7. The molecule has 1 amide bonds. The number of amides is 1. The SMILES string of the molecule is CCOC(=O)c1cc(C(=O)NCc2ccccc2)nn1C. The molecule has 0 spiro atoms. The summed E-state index contributed by atoms with van der Waals surface area (Å²) in [5.74, 6) is -0.820. The molecule has 0 aliphatic rings. The topological polar surface area (TPSA) is 73.2 Å². The Morgan fingerprint density at radius 2 is 2.00 bits per heavy atom. The number of aryl methyl sites for hydroxylation is 1. The van der Waals surface area contributed by atoms with E-state index in [0.29, 0.717) is 6.54 Å². The van der Waals surface area contributed by atoms with E-state index in [-0.39, 0.29) is 23.9 Å². The van der Waals surface area contributed by atoms with Gasteiger partial charge in [0.1, 0.15) is 5.69 Å². The Hall–Kier alpha value is -2.63. The van der Waals surface area contributed by atoms with Crippen molar-refractivity contribution in [2.75, 3.05) is 6.61 Å². The van der Waals surface area contributed by atoms with Crippen LogP contribution in [-0.4, -0.2) is 28.3 Å². The zero-order chi connectivity index (χ0) is 15.2. The van der Waals surface area contributed by atoms with Crippen molar-refractivity contribution in [2.24, 2.45) is 7.05 Å². The fourth-order valence-electron chi connectivity index (χ4n) is 1.84. The van der Waals surface area contributed by atoms with E-state index in [1.54, 1.807) is 14.0 Å². The molecule has 0 fully saturated rings. The molecule has 0 unspecified atom stereocenters. The zero-order valence-electron chi connectivity index (χ0n) is 12.0. The third kappa shape index (κ3) is 3.68. The largest absolute Gasteiger partial charge is 0.461 e. The Morgan fingerprint density at radius 3 is 2.67 bits per heavy atom. The number of rotatable bonds is 5. The number of ether oxygens (including phenoxy) is 1. The van der Waals surface area contributed by atoms with Gasteiger partial charge in [-0.2, -0.15) is 5.10 Å². The Morgan fingerprint density at radius 1 is 1.29 bits per heavy atom. The van der Waals surface area contributed by atoms with E-state index in [0.717, 1.165) is 5.56 Å². The molecule has 0 aliphatic carbocycles. The quantitative estimate of drug-likeness (QED) is 0.846. The van der Waals surface area contributed by atoms with Crippen molar-refractivity contribution in [1.29, 1.82) is 0 Å². The van der Waals surface area contributed by atoms with Gasteiger partial charge in [0.25, 0.3) is 5.91 Å². The van der Waals surface area contributed by atoms with Crippen LogP contribution < -0.4 is 5.32 Å². The number of carbonyl (C=O) groups is 2. The van der Waals surface area contributed by atoms with Crippen molar-refractivity contribution < 1.29 is 14.3 Å². The third-order valence-corrected chi connectivity index (χ3v) is 2.89. The van der Waals surface area contributed by atoms with Crippen LogP contribution in [0.25, 0.3) is 0 Å². The van der Waals surface area contributed by atoms with Crippen LogP contribution in [0.1, 0.15) is 33.5 Å². The molecule has 0 saturated heterocycles. The molecule has 0 saturated carbocycles. The van der Waals surface area contributed by atoms with Crippen molar-refractivity contribution in [3.8, 4) is 0 Å². The van der Waals surface area contributed by atoms with E-state index in [4.69, 9.17) is 4.74 Å². The van der Waals surface area contributed by atoms with Gasteiger partial charge in [0.2, 0.25) is 0 Å². The molecule has 0 aliphatic heterocycles. The zero-order valence-corrected chi connectivity index (χ0v) is 12.0.